The second-order valence-corrected chi connectivity index (χ2v) is 8.07. The quantitative estimate of drug-likeness (QED) is 0.816. The molecule has 2 fully saturated rings. The van der Waals surface area contributed by atoms with E-state index in [1.165, 1.54) is 0 Å². The Morgan fingerprint density at radius 3 is 2.66 bits per heavy atom. The second-order valence-electron chi connectivity index (χ2n) is 8.07. The molecule has 0 saturated carbocycles. The normalized spacial score (nSPS) is 24.3. The van der Waals surface area contributed by atoms with Crippen molar-refractivity contribution in [3.8, 4) is 5.75 Å². The van der Waals surface area contributed by atoms with Crippen LogP contribution in [0, 0.1) is 0 Å². The zero-order valence-electron chi connectivity index (χ0n) is 16.9. The smallest absolute Gasteiger partial charge is 0.273 e. The van der Waals surface area contributed by atoms with Crippen molar-refractivity contribution in [3.63, 3.8) is 0 Å². The highest BCUT2D eigenvalue weighted by Crippen LogP contribution is 2.33. The first-order valence-electron chi connectivity index (χ1n) is 10.3. The summed E-state index contributed by atoms with van der Waals surface area (Å²) in [5.74, 6) is 0.669. The van der Waals surface area contributed by atoms with Gasteiger partial charge in [0, 0.05) is 31.7 Å². The number of nitrogens with zero attached hydrogens (tertiary/aromatic N) is 3. The zero-order chi connectivity index (χ0) is 20.3. The summed E-state index contributed by atoms with van der Waals surface area (Å²) in [7, 11) is 1.60. The molecular formula is C21H28N4O4. The molecule has 156 valence electrons. The Morgan fingerprint density at radius 2 is 1.93 bits per heavy atom. The fourth-order valence-electron chi connectivity index (χ4n) is 4.32. The third-order valence-electron chi connectivity index (χ3n) is 5.89. The third kappa shape index (κ3) is 4.53. The molecule has 2 amide bonds. The third-order valence-corrected chi connectivity index (χ3v) is 5.89. The van der Waals surface area contributed by atoms with Crippen LogP contribution in [0.2, 0.25) is 0 Å². The molecule has 8 heteroatoms. The highest BCUT2D eigenvalue weighted by Gasteiger charge is 2.45. The summed E-state index contributed by atoms with van der Waals surface area (Å²) in [5, 5.41) is 6.95. The lowest BCUT2D eigenvalue weighted by Gasteiger charge is -2.38. The van der Waals surface area contributed by atoms with E-state index in [0.29, 0.717) is 30.9 Å². The molecule has 0 aliphatic carbocycles. The number of likely N-dealkylation sites (tertiary alicyclic amines) is 2. The van der Waals surface area contributed by atoms with Crippen LogP contribution in [0.25, 0.3) is 0 Å². The summed E-state index contributed by atoms with van der Waals surface area (Å²) < 4.78 is 5.13. The van der Waals surface area contributed by atoms with Gasteiger partial charge in [-0.2, -0.15) is 0 Å². The number of anilines is 1. The van der Waals surface area contributed by atoms with Crippen LogP contribution in [-0.2, 0) is 14.4 Å². The van der Waals surface area contributed by atoms with Crippen molar-refractivity contribution in [2.45, 2.75) is 37.7 Å². The molecule has 1 aromatic carbocycles. The molecule has 0 aromatic heterocycles. The maximum absolute atomic E-state index is 12.6. The summed E-state index contributed by atoms with van der Waals surface area (Å²) in [6.07, 6.45) is 4.42. The monoisotopic (exact) mass is 400 g/mol. The van der Waals surface area contributed by atoms with E-state index in [4.69, 9.17) is 9.57 Å². The average molecular weight is 400 g/mol. The Bertz CT molecular complexity index is 788. The number of hydrogen-bond donors (Lipinski definition) is 1. The number of benzene rings is 1. The molecule has 3 aliphatic rings. The van der Waals surface area contributed by atoms with Crippen LogP contribution < -0.4 is 10.1 Å². The van der Waals surface area contributed by atoms with Gasteiger partial charge in [0.05, 0.1) is 13.7 Å². The maximum Gasteiger partial charge on any atom is 0.273 e. The molecular weight excluding hydrogens is 372 g/mol. The number of hydrogen-bond acceptors (Lipinski definition) is 6. The van der Waals surface area contributed by atoms with Crippen LogP contribution >= 0.6 is 0 Å². The van der Waals surface area contributed by atoms with E-state index < -0.39 is 5.60 Å². The van der Waals surface area contributed by atoms with E-state index in [0.717, 1.165) is 51.1 Å². The largest absolute Gasteiger partial charge is 0.497 e. The second kappa shape index (κ2) is 8.41. The number of carbonyl (C=O) groups is 2. The van der Waals surface area contributed by atoms with E-state index in [-0.39, 0.29) is 11.8 Å². The number of amides is 2. The van der Waals surface area contributed by atoms with Gasteiger partial charge in [-0.25, -0.2) is 0 Å². The SMILES string of the molecule is COc1ccc(NC(=O)C2=NOC3(CCCN(CC(=O)N4CCCC4)C3)C2)cc1. The number of rotatable bonds is 5. The van der Waals surface area contributed by atoms with Gasteiger partial charge in [0.2, 0.25) is 5.91 Å². The van der Waals surface area contributed by atoms with E-state index in [1.807, 2.05) is 4.90 Å². The van der Waals surface area contributed by atoms with Crippen molar-refractivity contribution < 1.29 is 19.2 Å². The topological polar surface area (TPSA) is 83.5 Å². The molecule has 1 unspecified atom stereocenters. The first-order valence-corrected chi connectivity index (χ1v) is 10.3. The molecule has 2 saturated heterocycles. The molecule has 4 rings (SSSR count). The molecule has 1 aromatic rings. The minimum Gasteiger partial charge on any atom is -0.497 e. The van der Waals surface area contributed by atoms with Crippen molar-refractivity contribution in [3.05, 3.63) is 24.3 Å². The Labute approximate surface area is 170 Å². The van der Waals surface area contributed by atoms with Crippen LogP contribution in [0.5, 0.6) is 5.75 Å². The van der Waals surface area contributed by atoms with Gasteiger partial charge in [-0.05, 0) is 56.5 Å². The predicted molar refractivity (Wildman–Crippen MR) is 109 cm³/mol. The van der Waals surface area contributed by atoms with E-state index in [1.54, 1.807) is 31.4 Å². The number of piperidine rings is 1. The van der Waals surface area contributed by atoms with E-state index >= 15 is 0 Å². The lowest BCUT2D eigenvalue weighted by atomic mass is 9.88. The molecule has 3 aliphatic heterocycles. The summed E-state index contributed by atoms with van der Waals surface area (Å²) in [5.41, 5.74) is 0.574. The molecule has 8 nitrogen and oxygen atoms in total. The molecule has 1 N–H and O–H groups in total. The van der Waals surface area contributed by atoms with E-state index in [9.17, 15) is 9.59 Å². The van der Waals surface area contributed by atoms with Gasteiger partial charge in [0.15, 0.2) is 5.60 Å². The Balaban J connectivity index is 1.31. The summed E-state index contributed by atoms with van der Waals surface area (Å²) in [6.45, 7) is 3.65. The lowest BCUT2D eigenvalue weighted by Crippen LogP contribution is -2.51. The average Bonchev–Trinajstić information content (AvgIpc) is 3.40. The molecule has 1 spiro atoms. The van der Waals surface area contributed by atoms with Crippen LogP contribution in [0.3, 0.4) is 0 Å². The lowest BCUT2D eigenvalue weighted by molar-refractivity contribution is -0.134. The molecule has 0 bridgehead atoms. The van der Waals surface area contributed by atoms with Crippen molar-refractivity contribution in [1.82, 2.24) is 9.80 Å². The zero-order valence-corrected chi connectivity index (χ0v) is 16.9. The van der Waals surface area contributed by atoms with Crippen molar-refractivity contribution in [1.29, 1.82) is 0 Å². The van der Waals surface area contributed by atoms with Gasteiger partial charge in [0.1, 0.15) is 11.5 Å². The van der Waals surface area contributed by atoms with Crippen molar-refractivity contribution >= 4 is 23.2 Å². The van der Waals surface area contributed by atoms with Gasteiger partial charge in [-0.1, -0.05) is 5.16 Å². The molecule has 1 atom stereocenters. The standard InChI is InChI=1S/C21H28N4O4/c1-28-17-7-5-16(6-8-17)22-20(27)18-13-21(29-23-18)9-4-10-24(15-21)14-19(26)25-11-2-3-12-25/h5-8H,2-4,9-15H2,1H3,(H,22,27). The number of oxime groups is 1. The van der Waals surface area contributed by atoms with Gasteiger partial charge < -0.3 is 19.8 Å². The molecule has 29 heavy (non-hydrogen) atoms. The highest BCUT2D eigenvalue weighted by molar-refractivity contribution is 6.43. The first-order chi connectivity index (χ1) is 14.1. The highest BCUT2D eigenvalue weighted by atomic mass is 16.7. The molecule has 3 heterocycles. The van der Waals surface area contributed by atoms with Crippen LogP contribution in [0.4, 0.5) is 5.69 Å². The van der Waals surface area contributed by atoms with Crippen molar-refractivity contribution in [2.24, 2.45) is 5.16 Å². The van der Waals surface area contributed by atoms with Gasteiger partial charge >= 0.3 is 0 Å². The minimum absolute atomic E-state index is 0.191. The number of nitrogens with one attached hydrogen (secondary N) is 1. The summed E-state index contributed by atoms with van der Waals surface area (Å²) >= 11 is 0. The van der Waals surface area contributed by atoms with Gasteiger partial charge in [-0.3, -0.25) is 14.5 Å². The van der Waals surface area contributed by atoms with Crippen molar-refractivity contribution in [2.75, 3.05) is 45.2 Å². The number of methoxy groups -OCH3 is 1. The van der Waals surface area contributed by atoms with Gasteiger partial charge in [0.25, 0.3) is 5.91 Å². The fraction of sp³-hybridized carbons (Fsp3) is 0.571. The van der Waals surface area contributed by atoms with Crippen LogP contribution in [0.1, 0.15) is 32.1 Å². The summed E-state index contributed by atoms with van der Waals surface area (Å²) in [6, 6.07) is 7.16. The predicted octanol–water partition coefficient (Wildman–Crippen LogP) is 1.87. The number of ether oxygens (including phenoxy) is 1. The minimum atomic E-state index is -0.504. The number of carbonyl (C=O) groups excluding carboxylic acids is 2. The Kier molecular flexibility index (Phi) is 5.71. The maximum atomic E-state index is 12.6. The Morgan fingerprint density at radius 1 is 1.17 bits per heavy atom. The van der Waals surface area contributed by atoms with Crippen LogP contribution in [-0.4, -0.2) is 72.8 Å². The molecule has 0 radical (unpaired) electrons. The Hall–Kier alpha value is -2.61. The van der Waals surface area contributed by atoms with Gasteiger partial charge in [-0.15, -0.1) is 0 Å². The summed E-state index contributed by atoms with van der Waals surface area (Å²) in [4.78, 5) is 34.9. The first kappa shape index (κ1) is 19.7. The van der Waals surface area contributed by atoms with E-state index in [2.05, 4.69) is 15.4 Å². The fourth-order valence-corrected chi connectivity index (χ4v) is 4.32. The van der Waals surface area contributed by atoms with Crippen LogP contribution in [0.15, 0.2) is 29.4 Å².